The van der Waals surface area contributed by atoms with Gasteiger partial charge in [0, 0.05) is 35.5 Å². The molecule has 122 valence electrons. The smallest absolute Gasteiger partial charge is 0.291 e. The number of aryl methyl sites for hydroxylation is 1. The highest BCUT2D eigenvalue weighted by atomic mass is 32.2. The lowest BCUT2D eigenvalue weighted by molar-refractivity contribution is -0.116. The second-order valence-corrected chi connectivity index (χ2v) is 6.66. The molecule has 1 aromatic carbocycles. The molecular weight excluding hydrogens is 312 g/mol. The van der Waals surface area contributed by atoms with Crippen LogP contribution in [0.25, 0.3) is 0 Å². The number of likely N-dealkylation sites (tertiary alicyclic amines) is 1. The van der Waals surface area contributed by atoms with Crippen LogP contribution in [0.2, 0.25) is 0 Å². The van der Waals surface area contributed by atoms with Crippen molar-refractivity contribution >= 4 is 29.3 Å². The lowest BCUT2D eigenvalue weighted by Gasteiger charge is -2.18. The summed E-state index contributed by atoms with van der Waals surface area (Å²) in [6.07, 6.45) is 2.12. The molecule has 5 nitrogen and oxygen atoms in total. The van der Waals surface area contributed by atoms with Gasteiger partial charge in [-0.25, -0.2) is 0 Å². The third-order valence-electron chi connectivity index (χ3n) is 4.00. The van der Waals surface area contributed by atoms with Crippen molar-refractivity contribution in [1.82, 2.24) is 4.90 Å². The number of nitrogens with zero attached hydrogens (tertiary/aromatic N) is 1. The molecule has 0 unspecified atom stereocenters. The van der Waals surface area contributed by atoms with Crippen LogP contribution in [-0.4, -0.2) is 42.2 Å². The first kappa shape index (κ1) is 15.9. The minimum atomic E-state index is -0.272. The zero-order valence-electron chi connectivity index (χ0n) is 13.1. The Hall–Kier alpha value is -1.95. The second kappa shape index (κ2) is 7.08. The summed E-state index contributed by atoms with van der Waals surface area (Å²) in [5.74, 6) is 0.944. The van der Waals surface area contributed by atoms with Gasteiger partial charge in [0.1, 0.15) is 0 Å². The molecule has 1 aromatic rings. The van der Waals surface area contributed by atoms with Crippen LogP contribution < -0.4 is 5.32 Å². The predicted octanol–water partition coefficient (Wildman–Crippen LogP) is 2.77. The third-order valence-corrected chi connectivity index (χ3v) is 4.78. The standard InChI is InChI=1S/C17H20N2O3S/c1-12-4-5-13(17(21)19-6-2-3-7-19)10-14(12)18-16(20)15-11-23-9-8-22-15/h4-5,10-11H,2-3,6-9H2,1H3,(H,18,20). The van der Waals surface area contributed by atoms with Gasteiger partial charge in [0.25, 0.3) is 11.8 Å². The third kappa shape index (κ3) is 3.69. The number of benzene rings is 1. The van der Waals surface area contributed by atoms with E-state index in [0.717, 1.165) is 37.2 Å². The number of hydrogen-bond donors (Lipinski definition) is 1. The molecule has 2 aliphatic heterocycles. The van der Waals surface area contributed by atoms with Crippen LogP contribution in [0.15, 0.2) is 29.4 Å². The van der Waals surface area contributed by atoms with Crippen molar-refractivity contribution in [3.8, 4) is 0 Å². The van der Waals surface area contributed by atoms with Crippen LogP contribution in [-0.2, 0) is 9.53 Å². The summed E-state index contributed by atoms with van der Waals surface area (Å²) < 4.78 is 5.36. The molecule has 3 rings (SSSR count). The summed E-state index contributed by atoms with van der Waals surface area (Å²) in [6.45, 7) is 4.07. The molecule has 2 heterocycles. The van der Waals surface area contributed by atoms with E-state index in [1.54, 1.807) is 23.2 Å². The van der Waals surface area contributed by atoms with E-state index >= 15 is 0 Å². The highest BCUT2D eigenvalue weighted by Gasteiger charge is 2.21. The Kier molecular flexibility index (Phi) is 4.91. The van der Waals surface area contributed by atoms with Crippen LogP contribution in [0.1, 0.15) is 28.8 Å². The van der Waals surface area contributed by atoms with E-state index in [0.29, 0.717) is 23.6 Å². The summed E-state index contributed by atoms with van der Waals surface area (Å²) in [4.78, 5) is 26.6. The normalized spacial score (nSPS) is 17.4. The predicted molar refractivity (Wildman–Crippen MR) is 91.4 cm³/mol. The van der Waals surface area contributed by atoms with E-state index in [1.807, 2.05) is 24.0 Å². The molecule has 0 radical (unpaired) electrons. The van der Waals surface area contributed by atoms with Crippen LogP contribution in [0.5, 0.6) is 0 Å². The van der Waals surface area contributed by atoms with E-state index in [1.165, 1.54) is 0 Å². The second-order valence-electron chi connectivity index (χ2n) is 5.68. The highest BCUT2D eigenvalue weighted by Crippen LogP contribution is 2.22. The molecule has 0 saturated carbocycles. The minimum absolute atomic E-state index is 0.0293. The highest BCUT2D eigenvalue weighted by molar-refractivity contribution is 8.02. The monoisotopic (exact) mass is 332 g/mol. The Morgan fingerprint density at radius 3 is 2.74 bits per heavy atom. The van der Waals surface area contributed by atoms with Crippen LogP contribution in [0.3, 0.4) is 0 Å². The van der Waals surface area contributed by atoms with Crippen LogP contribution in [0, 0.1) is 6.92 Å². The Morgan fingerprint density at radius 2 is 2.04 bits per heavy atom. The summed E-state index contributed by atoms with van der Waals surface area (Å²) in [6, 6.07) is 5.44. The zero-order valence-corrected chi connectivity index (χ0v) is 13.9. The maximum atomic E-state index is 12.5. The maximum Gasteiger partial charge on any atom is 0.291 e. The number of ether oxygens (including phenoxy) is 1. The number of rotatable bonds is 3. The van der Waals surface area contributed by atoms with Crippen molar-refractivity contribution in [3.63, 3.8) is 0 Å². The van der Waals surface area contributed by atoms with Gasteiger partial charge in [-0.1, -0.05) is 6.07 Å². The van der Waals surface area contributed by atoms with Crippen LogP contribution in [0.4, 0.5) is 5.69 Å². The average Bonchev–Trinajstić information content (AvgIpc) is 3.11. The first-order chi connectivity index (χ1) is 11.1. The molecule has 1 N–H and O–H groups in total. The number of thioether (sulfide) groups is 1. The van der Waals surface area contributed by atoms with Gasteiger partial charge in [-0.3, -0.25) is 9.59 Å². The maximum absolute atomic E-state index is 12.5. The molecule has 1 saturated heterocycles. The number of anilines is 1. The number of carbonyl (C=O) groups is 2. The van der Waals surface area contributed by atoms with Gasteiger partial charge >= 0.3 is 0 Å². The first-order valence-corrected chi connectivity index (χ1v) is 8.86. The molecule has 1 fully saturated rings. The summed E-state index contributed by atoms with van der Waals surface area (Å²) >= 11 is 1.56. The Balaban J connectivity index is 1.76. The van der Waals surface area contributed by atoms with Gasteiger partial charge in [-0.15, -0.1) is 11.8 Å². The van der Waals surface area contributed by atoms with Gasteiger partial charge in [-0.2, -0.15) is 0 Å². The fourth-order valence-corrected chi connectivity index (χ4v) is 3.29. The van der Waals surface area contributed by atoms with E-state index in [4.69, 9.17) is 4.74 Å². The van der Waals surface area contributed by atoms with Gasteiger partial charge in [0.2, 0.25) is 0 Å². The molecule has 0 spiro atoms. The Labute approximate surface area is 140 Å². The number of carbonyl (C=O) groups excluding carboxylic acids is 2. The SMILES string of the molecule is Cc1ccc(C(=O)N2CCCC2)cc1NC(=O)C1=CSCCO1. The lowest BCUT2D eigenvalue weighted by atomic mass is 10.1. The van der Waals surface area contributed by atoms with Gasteiger partial charge in [-0.05, 0) is 37.5 Å². The molecule has 0 bridgehead atoms. The molecule has 0 aromatic heterocycles. The topological polar surface area (TPSA) is 58.6 Å². The summed E-state index contributed by atoms with van der Waals surface area (Å²) in [5.41, 5.74) is 2.18. The van der Waals surface area contributed by atoms with Crippen molar-refractivity contribution in [2.45, 2.75) is 19.8 Å². The van der Waals surface area contributed by atoms with Gasteiger partial charge in [0.05, 0.1) is 6.61 Å². The average molecular weight is 332 g/mol. The van der Waals surface area contributed by atoms with E-state index in [-0.39, 0.29) is 11.8 Å². The molecule has 2 aliphatic rings. The minimum Gasteiger partial charge on any atom is -0.487 e. The molecule has 0 atom stereocenters. The van der Waals surface area contributed by atoms with E-state index in [2.05, 4.69) is 5.32 Å². The van der Waals surface area contributed by atoms with Crippen molar-refractivity contribution < 1.29 is 14.3 Å². The summed E-state index contributed by atoms with van der Waals surface area (Å²) in [7, 11) is 0. The zero-order chi connectivity index (χ0) is 16.2. The number of nitrogens with one attached hydrogen (secondary N) is 1. The lowest BCUT2D eigenvalue weighted by Crippen LogP contribution is -2.27. The first-order valence-electron chi connectivity index (χ1n) is 7.81. The Morgan fingerprint density at radius 1 is 1.26 bits per heavy atom. The largest absolute Gasteiger partial charge is 0.487 e. The van der Waals surface area contributed by atoms with Gasteiger partial charge < -0.3 is 15.0 Å². The van der Waals surface area contributed by atoms with Crippen LogP contribution >= 0.6 is 11.8 Å². The molecular formula is C17H20N2O3S. The van der Waals surface area contributed by atoms with Crippen molar-refractivity contribution in [2.24, 2.45) is 0 Å². The van der Waals surface area contributed by atoms with Crippen molar-refractivity contribution in [2.75, 3.05) is 30.8 Å². The number of hydrogen-bond acceptors (Lipinski definition) is 4. The summed E-state index contributed by atoms with van der Waals surface area (Å²) in [5, 5.41) is 4.58. The van der Waals surface area contributed by atoms with Crippen molar-refractivity contribution in [3.05, 3.63) is 40.5 Å². The Bertz CT molecular complexity index is 651. The fraction of sp³-hybridized carbons (Fsp3) is 0.412. The van der Waals surface area contributed by atoms with E-state index in [9.17, 15) is 9.59 Å². The quantitative estimate of drug-likeness (QED) is 0.925. The molecule has 23 heavy (non-hydrogen) atoms. The fourth-order valence-electron chi connectivity index (χ4n) is 2.66. The molecule has 6 heteroatoms. The molecule has 0 aliphatic carbocycles. The molecule has 2 amide bonds. The van der Waals surface area contributed by atoms with Crippen molar-refractivity contribution in [1.29, 1.82) is 0 Å². The van der Waals surface area contributed by atoms with E-state index < -0.39 is 0 Å². The van der Waals surface area contributed by atoms with Gasteiger partial charge in [0.15, 0.2) is 5.76 Å². The number of amides is 2.